The first-order chi connectivity index (χ1) is 11.1. The lowest BCUT2D eigenvalue weighted by molar-refractivity contribution is -0.136. The molecule has 122 valence electrons. The summed E-state index contributed by atoms with van der Waals surface area (Å²) in [6.45, 7) is 2.62. The lowest BCUT2D eigenvalue weighted by atomic mass is 9.98. The lowest BCUT2D eigenvalue weighted by Crippen LogP contribution is -2.41. The van der Waals surface area contributed by atoms with Gasteiger partial charge in [0.15, 0.2) is 18.2 Å². The first kappa shape index (κ1) is 16.5. The van der Waals surface area contributed by atoms with E-state index in [1.54, 1.807) is 17.4 Å². The molecule has 1 aromatic heterocycles. The summed E-state index contributed by atoms with van der Waals surface area (Å²) in [7, 11) is 0. The molecule has 1 aliphatic rings. The molecular weight excluding hydrogens is 381 g/mol. The van der Waals surface area contributed by atoms with E-state index in [2.05, 4.69) is 34.3 Å². The van der Waals surface area contributed by atoms with Crippen molar-refractivity contribution in [3.8, 4) is 5.75 Å². The highest BCUT2D eigenvalue weighted by atomic mass is 79.9. The second kappa shape index (κ2) is 7.01. The SMILES string of the molecule is CC[C@H]1c2ccsc2CCN1C(=O)COc1ccc(Br)cc1F. The molecule has 3 nitrogen and oxygen atoms in total. The highest BCUT2D eigenvalue weighted by Crippen LogP contribution is 2.35. The van der Waals surface area contributed by atoms with Gasteiger partial charge < -0.3 is 9.64 Å². The highest BCUT2D eigenvalue weighted by Gasteiger charge is 2.30. The molecule has 0 bridgehead atoms. The topological polar surface area (TPSA) is 29.5 Å². The Morgan fingerprint density at radius 1 is 1.48 bits per heavy atom. The standard InChI is InChI=1S/C17H17BrFNO2S/c1-2-14-12-6-8-23-16(12)5-7-20(14)17(21)10-22-15-4-3-11(18)9-13(15)19/h3-4,6,8-9,14H,2,5,7,10H2,1H3/t14-/m0/s1. The van der Waals surface area contributed by atoms with Crippen LogP contribution in [0, 0.1) is 5.82 Å². The molecule has 23 heavy (non-hydrogen) atoms. The van der Waals surface area contributed by atoms with E-state index in [0.29, 0.717) is 11.0 Å². The van der Waals surface area contributed by atoms with Crippen LogP contribution < -0.4 is 4.74 Å². The number of carbonyl (C=O) groups excluding carboxylic acids is 1. The molecule has 2 heterocycles. The van der Waals surface area contributed by atoms with Gasteiger partial charge in [-0.05, 0) is 48.1 Å². The van der Waals surface area contributed by atoms with Gasteiger partial charge in [-0.1, -0.05) is 22.9 Å². The Labute approximate surface area is 147 Å². The summed E-state index contributed by atoms with van der Waals surface area (Å²) in [4.78, 5) is 15.7. The third-order valence-corrected chi connectivity index (χ3v) is 5.54. The average molecular weight is 398 g/mol. The third kappa shape index (κ3) is 3.43. The van der Waals surface area contributed by atoms with Gasteiger partial charge in [-0.15, -0.1) is 11.3 Å². The molecule has 0 fully saturated rings. The normalized spacial score (nSPS) is 17.0. The van der Waals surface area contributed by atoms with Crippen LogP contribution in [0.15, 0.2) is 34.1 Å². The molecule has 1 amide bonds. The average Bonchev–Trinajstić information content (AvgIpc) is 3.01. The third-order valence-electron chi connectivity index (χ3n) is 4.05. The monoisotopic (exact) mass is 397 g/mol. The fraction of sp³-hybridized carbons (Fsp3) is 0.353. The Balaban J connectivity index is 1.68. The number of benzene rings is 1. The largest absolute Gasteiger partial charge is 0.481 e. The number of nitrogens with zero attached hydrogens (tertiary/aromatic N) is 1. The summed E-state index contributed by atoms with van der Waals surface area (Å²) < 4.78 is 19.8. The highest BCUT2D eigenvalue weighted by molar-refractivity contribution is 9.10. The van der Waals surface area contributed by atoms with Crippen LogP contribution >= 0.6 is 27.3 Å². The van der Waals surface area contributed by atoms with Crippen LogP contribution in [0.3, 0.4) is 0 Å². The zero-order chi connectivity index (χ0) is 16.4. The van der Waals surface area contributed by atoms with Crippen molar-refractivity contribution >= 4 is 33.2 Å². The van der Waals surface area contributed by atoms with Crippen molar-refractivity contribution in [3.05, 3.63) is 50.4 Å². The Hall–Kier alpha value is -1.40. The smallest absolute Gasteiger partial charge is 0.261 e. The van der Waals surface area contributed by atoms with E-state index >= 15 is 0 Å². The van der Waals surface area contributed by atoms with E-state index in [4.69, 9.17) is 4.74 Å². The Bertz CT molecular complexity index is 718. The van der Waals surface area contributed by atoms with Gasteiger partial charge in [-0.3, -0.25) is 4.79 Å². The van der Waals surface area contributed by atoms with Crippen molar-refractivity contribution in [1.82, 2.24) is 4.90 Å². The Morgan fingerprint density at radius 3 is 3.04 bits per heavy atom. The maximum Gasteiger partial charge on any atom is 0.261 e. The quantitative estimate of drug-likeness (QED) is 0.756. The maximum absolute atomic E-state index is 13.8. The molecule has 3 rings (SSSR count). The van der Waals surface area contributed by atoms with E-state index in [0.717, 1.165) is 12.8 Å². The van der Waals surface area contributed by atoms with Crippen molar-refractivity contribution in [2.45, 2.75) is 25.8 Å². The molecule has 0 radical (unpaired) electrons. The van der Waals surface area contributed by atoms with E-state index in [1.807, 2.05) is 4.90 Å². The van der Waals surface area contributed by atoms with Crippen LogP contribution in [0.1, 0.15) is 29.8 Å². The maximum atomic E-state index is 13.8. The number of halogens is 2. The first-order valence-electron chi connectivity index (χ1n) is 7.53. The first-order valence-corrected chi connectivity index (χ1v) is 9.21. The summed E-state index contributed by atoms with van der Waals surface area (Å²) in [6.07, 6.45) is 1.74. The molecule has 0 saturated carbocycles. The van der Waals surface area contributed by atoms with Gasteiger partial charge >= 0.3 is 0 Å². The molecular formula is C17H17BrFNO2S. The summed E-state index contributed by atoms with van der Waals surface area (Å²) in [6, 6.07) is 6.74. The molecule has 0 N–H and O–H groups in total. The summed E-state index contributed by atoms with van der Waals surface area (Å²) >= 11 is 4.95. The van der Waals surface area contributed by atoms with Gasteiger partial charge in [0.1, 0.15) is 0 Å². The van der Waals surface area contributed by atoms with Crippen LogP contribution in [-0.4, -0.2) is 24.0 Å². The number of ether oxygens (including phenoxy) is 1. The van der Waals surface area contributed by atoms with Crippen LogP contribution in [-0.2, 0) is 11.2 Å². The van der Waals surface area contributed by atoms with E-state index in [9.17, 15) is 9.18 Å². The number of carbonyl (C=O) groups is 1. The predicted octanol–water partition coefficient (Wildman–Crippen LogP) is 4.56. The minimum Gasteiger partial charge on any atom is -0.481 e. The van der Waals surface area contributed by atoms with Crippen LogP contribution in [0.25, 0.3) is 0 Å². The van der Waals surface area contributed by atoms with Gasteiger partial charge in [-0.25, -0.2) is 4.39 Å². The minimum atomic E-state index is -0.474. The number of amides is 1. The molecule has 1 aliphatic heterocycles. The number of fused-ring (bicyclic) bond motifs is 1. The second-order valence-electron chi connectivity index (χ2n) is 5.42. The van der Waals surface area contributed by atoms with Gasteiger partial charge in [0.25, 0.3) is 5.91 Å². The molecule has 1 atom stereocenters. The zero-order valence-electron chi connectivity index (χ0n) is 12.7. The molecule has 1 aromatic carbocycles. The zero-order valence-corrected chi connectivity index (χ0v) is 15.1. The fourth-order valence-corrected chi connectivity index (χ4v) is 4.21. The minimum absolute atomic E-state index is 0.0934. The molecule has 6 heteroatoms. The fourth-order valence-electron chi connectivity index (χ4n) is 2.95. The molecule has 0 unspecified atom stereocenters. The van der Waals surface area contributed by atoms with Crippen molar-refractivity contribution < 1.29 is 13.9 Å². The van der Waals surface area contributed by atoms with Gasteiger partial charge in [-0.2, -0.15) is 0 Å². The second-order valence-corrected chi connectivity index (χ2v) is 7.34. The number of thiophene rings is 1. The summed E-state index contributed by atoms with van der Waals surface area (Å²) in [5.41, 5.74) is 1.24. The van der Waals surface area contributed by atoms with E-state index in [1.165, 1.54) is 22.6 Å². The Morgan fingerprint density at radius 2 is 2.30 bits per heavy atom. The number of hydrogen-bond donors (Lipinski definition) is 0. The van der Waals surface area contributed by atoms with Crippen molar-refractivity contribution in [3.63, 3.8) is 0 Å². The van der Waals surface area contributed by atoms with Crippen LogP contribution in [0.4, 0.5) is 4.39 Å². The van der Waals surface area contributed by atoms with Crippen molar-refractivity contribution in [1.29, 1.82) is 0 Å². The van der Waals surface area contributed by atoms with Gasteiger partial charge in [0.2, 0.25) is 0 Å². The van der Waals surface area contributed by atoms with Crippen molar-refractivity contribution in [2.24, 2.45) is 0 Å². The van der Waals surface area contributed by atoms with E-state index in [-0.39, 0.29) is 24.3 Å². The molecule has 0 aliphatic carbocycles. The Kier molecular flexibility index (Phi) is 5.02. The molecule has 2 aromatic rings. The van der Waals surface area contributed by atoms with Gasteiger partial charge in [0.05, 0.1) is 6.04 Å². The summed E-state index contributed by atoms with van der Waals surface area (Å²) in [5, 5.41) is 2.08. The van der Waals surface area contributed by atoms with Crippen LogP contribution in [0.5, 0.6) is 5.75 Å². The number of rotatable bonds is 4. The lowest BCUT2D eigenvalue weighted by Gasteiger charge is -2.35. The number of hydrogen-bond acceptors (Lipinski definition) is 3. The van der Waals surface area contributed by atoms with E-state index < -0.39 is 5.82 Å². The van der Waals surface area contributed by atoms with Crippen LogP contribution in [0.2, 0.25) is 0 Å². The molecule has 0 spiro atoms. The summed E-state index contributed by atoms with van der Waals surface area (Å²) in [5.74, 6) is -0.475. The predicted molar refractivity (Wildman–Crippen MR) is 92.4 cm³/mol. The van der Waals surface area contributed by atoms with Gasteiger partial charge in [0, 0.05) is 15.9 Å². The van der Waals surface area contributed by atoms with Crippen molar-refractivity contribution in [2.75, 3.05) is 13.2 Å². The molecule has 0 saturated heterocycles.